The number of fused-ring (bicyclic) bond motifs is 1. The van der Waals surface area contributed by atoms with Crippen LogP contribution in [0, 0.1) is 0 Å². The van der Waals surface area contributed by atoms with E-state index < -0.39 is 0 Å². The maximum absolute atomic E-state index is 12.3. The number of carbonyl (C=O) groups is 2. The molecule has 0 saturated carbocycles. The molecular weight excluding hydrogens is 306 g/mol. The van der Waals surface area contributed by atoms with Crippen LogP contribution in [0.3, 0.4) is 0 Å². The van der Waals surface area contributed by atoms with Crippen molar-refractivity contribution in [3.8, 4) is 0 Å². The predicted molar refractivity (Wildman–Crippen MR) is 90.2 cm³/mol. The van der Waals surface area contributed by atoms with Gasteiger partial charge in [0.05, 0.1) is 18.2 Å². The van der Waals surface area contributed by atoms with Crippen molar-refractivity contribution in [1.29, 1.82) is 0 Å². The van der Waals surface area contributed by atoms with E-state index in [-0.39, 0.29) is 18.0 Å². The third-order valence-electron chi connectivity index (χ3n) is 4.46. The number of rotatable bonds is 4. The SMILES string of the molecule is CCOC(=O)C1=C(CN2CCc3ccccc3C2)NC(=O)N[C@@H]1C. The molecule has 3 rings (SSSR count). The minimum absolute atomic E-state index is 0.275. The monoisotopic (exact) mass is 329 g/mol. The lowest BCUT2D eigenvalue weighted by Crippen LogP contribution is -2.51. The number of esters is 1. The van der Waals surface area contributed by atoms with Crippen LogP contribution in [0.1, 0.15) is 25.0 Å². The summed E-state index contributed by atoms with van der Waals surface area (Å²) >= 11 is 0. The van der Waals surface area contributed by atoms with Crippen LogP contribution >= 0.6 is 0 Å². The molecule has 2 aliphatic heterocycles. The van der Waals surface area contributed by atoms with Gasteiger partial charge in [-0.25, -0.2) is 9.59 Å². The summed E-state index contributed by atoms with van der Waals surface area (Å²) in [6.07, 6.45) is 0.972. The Balaban J connectivity index is 1.81. The number of urea groups is 1. The molecule has 0 aliphatic carbocycles. The Bertz CT molecular complexity index is 684. The summed E-state index contributed by atoms with van der Waals surface area (Å²) in [5.41, 5.74) is 3.82. The van der Waals surface area contributed by atoms with Crippen molar-refractivity contribution < 1.29 is 14.3 Å². The molecule has 6 heteroatoms. The summed E-state index contributed by atoms with van der Waals surface area (Å²) in [6.45, 7) is 6.13. The highest BCUT2D eigenvalue weighted by Gasteiger charge is 2.31. The van der Waals surface area contributed by atoms with Gasteiger partial charge in [0.15, 0.2) is 0 Å². The highest BCUT2D eigenvalue weighted by atomic mass is 16.5. The molecule has 128 valence electrons. The van der Waals surface area contributed by atoms with E-state index >= 15 is 0 Å². The third kappa shape index (κ3) is 3.43. The van der Waals surface area contributed by atoms with Gasteiger partial charge in [-0.05, 0) is 31.4 Å². The molecule has 24 heavy (non-hydrogen) atoms. The van der Waals surface area contributed by atoms with Crippen LogP contribution in [-0.2, 0) is 22.5 Å². The Labute approximate surface area is 141 Å². The molecule has 0 aromatic heterocycles. The normalized spacial score (nSPS) is 20.9. The lowest BCUT2D eigenvalue weighted by Gasteiger charge is -2.33. The Hall–Kier alpha value is -2.34. The highest BCUT2D eigenvalue weighted by molar-refractivity contribution is 5.94. The molecule has 0 unspecified atom stereocenters. The zero-order chi connectivity index (χ0) is 17.1. The molecule has 0 fully saturated rings. The molecule has 1 aromatic rings. The van der Waals surface area contributed by atoms with E-state index in [0.717, 1.165) is 19.5 Å². The summed E-state index contributed by atoms with van der Waals surface area (Å²) in [5.74, 6) is -0.370. The maximum Gasteiger partial charge on any atom is 0.337 e. The van der Waals surface area contributed by atoms with Crippen LogP contribution in [0.4, 0.5) is 4.79 Å². The highest BCUT2D eigenvalue weighted by Crippen LogP contribution is 2.21. The van der Waals surface area contributed by atoms with E-state index in [4.69, 9.17) is 4.74 Å². The van der Waals surface area contributed by atoms with Crippen molar-refractivity contribution >= 4 is 12.0 Å². The van der Waals surface area contributed by atoms with Crippen LogP contribution in [-0.4, -0.2) is 42.6 Å². The minimum Gasteiger partial charge on any atom is -0.463 e. The molecule has 0 bridgehead atoms. The molecule has 0 spiro atoms. The minimum atomic E-state index is -0.370. The van der Waals surface area contributed by atoms with Gasteiger partial charge in [-0.2, -0.15) is 0 Å². The van der Waals surface area contributed by atoms with Crippen LogP contribution < -0.4 is 10.6 Å². The van der Waals surface area contributed by atoms with Gasteiger partial charge in [0.25, 0.3) is 0 Å². The molecule has 6 nitrogen and oxygen atoms in total. The fraction of sp³-hybridized carbons (Fsp3) is 0.444. The molecule has 1 aromatic carbocycles. The van der Waals surface area contributed by atoms with E-state index in [1.807, 2.05) is 6.07 Å². The first kappa shape index (κ1) is 16.5. The molecule has 2 N–H and O–H groups in total. The predicted octanol–water partition coefficient (Wildman–Crippen LogP) is 1.56. The third-order valence-corrected chi connectivity index (χ3v) is 4.46. The van der Waals surface area contributed by atoms with Crippen molar-refractivity contribution in [2.75, 3.05) is 19.7 Å². The van der Waals surface area contributed by atoms with Gasteiger partial charge in [0.2, 0.25) is 0 Å². The Morgan fingerprint density at radius 2 is 2.08 bits per heavy atom. The number of hydrogen-bond donors (Lipinski definition) is 2. The lowest BCUT2D eigenvalue weighted by atomic mass is 9.98. The number of benzene rings is 1. The maximum atomic E-state index is 12.3. The number of hydrogen-bond acceptors (Lipinski definition) is 4. The van der Waals surface area contributed by atoms with Crippen LogP contribution in [0.15, 0.2) is 35.5 Å². The largest absolute Gasteiger partial charge is 0.463 e. The number of amides is 2. The molecular formula is C18H23N3O3. The van der Waals surface area contributed by atoms with Gasteiger partial charge >= 0.3 is 12.0 Å². The Morgan fingerprint density at radius 3 is 2.83 bits per heavy atom. The first-order chi connectivity index (χ1) is 11.6. The average Bonchev–Trinajstić information content (AvgIpc) is 2.54. The molecule has 0 saturated heterocycles. The summed E-state index contributed by atoms with van der Waals surface area (Å²) < 4.78 is 5.16. The number of nitrogens with one attached hydrogen (secondary N) is 2. The molecule has 0 radical (unpaired) electrons. The average molecular weight is 329 g/mol. The van der Waals surface area contributed by atoms with Crippen molar-refractivity contribution in [1.82, 2.24) is 15.5 Å². The van der Waals surface area contributed by atoms with Gasteiger partial charge in [-0.15, -0.1) is 0 Å². The second-order valence-corrected chi connectivity index (χ2v) is 6.16. The van der Waals surface area contributed by atoms with Crippen LogP contribution in [0.5, 0.6) is 0 Å². The van der Waals surface area contributed by atoms with Crippen molar-refractivity contribution in [3.63, 3.8) is 0 Å². The number of nitrogens with zero attached hydrogens (tertiary/aromatic N) is 1. The second kappa shape index (κ2) is 7.05. The first-order valence-corrected chi connectivity index (χ1v) is 8.35. The van der Waals surface area contributed by atoms with E-state index in [2.05, 4.69) is 33.7 Å². The number of carbonyl (C=O) groups excluding carboxylic acids is 2. The van der Waals surface area contributed by atoms with Crippen LogP contribution in [0.2, 0.25) is 0 Å². The molecule has 2 amide bonds. The van der Waals surface area contributed by atoms with Gasteiger partial charge < -0.3 is 15.4 Å². The standard InChI is InChI=1S/C18H23N3O3/c1-3-24-17(22)16-12(2)19-18(23)20-15(16)11-21-9-8-13-6-4-5-7-14(13)10-21/h4-7,12H,3,8-11H2,1-2H3,(H2,19,20,23)/t12-/m1/s1. The topological polar surface area (TPSA) is 70.7 Å². The van der Waals surface area contributed by atoms with Crippen LogP contribution in [0.25, 0.3) is 0 Å². The molecule has 2 aliphatic rings. The molecule has 1 atom stereocenters. The summed E-state index contributed by atoms with van der Waals surface area (Å²) in [6, 6.07) is 7.76. The van der Waals surface area contributed by atoms with Crippen molar-refractivity contribution in [2.45, 2.75) is 32.9 Å². The second-order valence-electron chi connectivity index (χ2n) is 6.16. The Kier molecular flexibility index (Phi) is 4.85. The zero-order valence-corrected chi connectivity index (χ0v) is 14.1. The van der Waals surface area contributed by atoms with E-state index in [0.29, 0.717) is 24.4 Å². The first-order valence-electron chi connectivity index (χ1n) is 8.35. The lowest BCUT2D eigenvalue weighted by molar-refractivity contribution is -0.139. The van der Waals surface area contributed by atoms with E-state index in [9.17, 15) is 9.59 Å². The van der Waals surface area contributed by atoms with Gasteiger partial charge in [-0.1, -0.05) is 24.3 Å². The fourth-order valence-corrected chi connectivity index (χ4v) is 3.32. The zero-order valence-electron chi connectivity index (χ0n) is 14.1. The molecule has 2 heterocycles. The van der Waals surface area contributed by atoms with Gasteiger partial charge in [0.1, 0.15) is 0 Å². The fourth-order valence-electron chi connectivity index (χ4n) is 3.32. The smallest absolute Gasteiger partial charge is 0.337 e. The van der Waals surface area contributed by atoms with Crippen molar-refractivity contribution in [2.24, 2.45) is 0 Å². The Morgan fingerprint density at radius 1 is 1.33 bits per heavy atom. The van der Waals surface area contributed by atoms with Gasteiger partial charge in [0, 0.05) is 25.3 Å². The van der Waals surface area contributed by atoms with Gasteiger partial charge in [-0.3, -0.25) is 4.90 Å². The summed E-state index contributed by atoms with van der Waals surface area (Å²) in [5, 5.41) is 5.52. The quantitative estimate of drug-likeness (QED) is 0.823. The van der Waals surface area contributed by atoms with E-state index in [1.54, 1.807) is 13.8 Å². The van der Waals surface area contributed by atoms with Crippen molar-refractivity contribution in [3.05, 3.63) is 46.7 Å². The van der Waals surface area contributed by atoms with E-state index in [1.165, 1.54) is 11.1 Å². The summed E-state index contributed by atoms with van der Waals surface area (Å²) in [4.78, 5) is 26.3. The summed E-state index contributed by atoms with van der Waals surface area (Å²) in [7, 11) is 0. The number of ether oxygens (including phenoxy) is 1.